The molecule has 3 amide bonds. The van der Waals surface area contributed by atoms with Crippen molar-refractivity contribution in [3.05, 3.63) is 63.1 Å². The van der Waals surface area contributed by atoms with Gasteiger partial charge in [-0.1, -0.05) is 54.2 Å². The lowest BCUT2D eigenvalue weighted by Gasteiger charge is -2.16. The van der Waals surface area contributed by atoms with Crippen LogP contribution in [-0.2, 0) is 4.79 Å². The average Bonchev–Trinajstić information content (AvgIpc) is 3.09. The maximum atomic E-state index is 12.4. The molecule has 1 saturated heterocycles. The van der Waals surface area contributed by atoms with Gasteiger partial charge < -0.3 is 16.0 Å². The Morgan fingerprint density at radius 2 is 1.88 bits per heavy atom. The van der Waals surface area contributed by atoms with E-state index < -0.39 is 5.92 Å². The van der Waals surface area contributed by atoms with Crippen LogP contribution in [0.25, 0.3) is 0 Å². The van der Waals surface area contributed by atoms with Gasteiger partial charge in [-0.3, -0.25) is 4.79 Å². The Kier molecular flexibility index (Phi) is 8.60. The molecule has 6 nitrogen and oxygen atoms in total. The number of carbonyl (C=O) groups excluding carboxylic acids is 2. The van der Waals surface area contributed by atoms with Crippen molar-refractivity contribution >= 4 is 40.8 Å². The number of carbonyl (C=O) groups is 2. The second-order valence-electron chi connectivity index (χ2n) is 8.46. The highest BCUT2D eigenvalue weighted by Crippen LogP contribution is 2.34. The van der Waals surface area contributed by atoms with Gasteiger partial charge in [0.1, 0.15) is 0 Å². The molecule has 33 heavy (non-hydrogen) atoms. The first-order chi connectivity index (χ1) is 15.8. The minimum Gasteiger partial charge on any atom is -0.334 e. The standard InChI is InChI=1S/C25H28Cl2N4O2/c1-15-12-19(20(14-28)17-8-10-18(26)11-9-17)21(27)13-23(15)30-24(32)7-5-3-4-6-22-16(2)29-25(33)31-22/h8-13,16,20,22H,3-7H2,1-2H3,(H,30,32)(H2,29,31,33)/t16-,20-,22-/m1/s1. The van der Waals surface area contributed by atoms with Crippen LogP contribution >= 0.6 is 23.2 Å². The van der Waals surface area contributed by atoms with Crippen molar-refractivity contribution < 1.29 is 9.59 Å². The molecule has 2 aromatic carbocycles. The third-order valence-corrected chi connectivity index (χ3v) is 6.54. The van der Waals surface area contributed by atoms with Gasteiger partial charge in [0.15, 0.2) is 0 Å². The van der Waals surface area contributed by atoms with Crippen LogP contribution in [0.2, 0.25) is 10.0 Å². The smallest absolute Gasteiger partial charge is 0.315 e. The molecule has 3 rings (SSSR count). The molecular formula is C25H28Cl2N4O2. The summed E-state index contributed by atoms with van der Waals surface area (Å²) in [6.07, 6.45) is 3.94. The van der Waals surface area contributed by atoms with E-state index in [-0.39, 0.29) is 24.0 Å². The van der Waals surface area contributed by atoms with Crippen molar-refractivity contribution in [1.29, 1.82) is 5.26 Å². The summed E-state index contributed by atoms with van der Waals surface area (Å²) in [5.74, 6) is -0.596. The van der Waals surface area contributed by atoms with Gasteiger partial charge in [-0.25, -0.2) is 4.79 Å². The fourth-order valence-electron chi connectivity index (χ4n) is 4.04. The molecule has 1 aliphatic heterocycles. The number of nitrogens with one attached hydrogen (secondary N) is 3. The minimum absolute atomic E-state index is 0.0688. The lowest BCUT2D eigenvalue weighted by molar-refractivity contribution is -0.116. The summed E-state index contributed by atoms with van der Waals surface area (Å²) < 4.78 is 0. The first-order valence-corrected chi connectivity index (χ1v) is 11.9. The summed E-state index contributed by atoms with van der Waals surface area (Å²) in [5.41, 5.74) is 2.99. The Hall–Kier alpha value is -2.75. The Morgan fingerprint density at radius 1 is 1.15 bits per heavy atom. The van der Waals surface area contributed by atoms with Crippen LogP contribution in [0.5, 0.6) is 0 Å². The van der Waals surface area contributed by atoms with E-state index in [0.717, 1.165) is 36.8 Å². The third-order valence-electron chi connectivity index (χ3n) is 5.96. The summed E-state index contributed by atoms with van der Waals surface area (Å²) in [5, 5.41) is 19.5. The number of hydrogen-bond donors (Lipinski definition) is 3. The molecule has 0 bridgehead atoms. The first-order valence-electron chi connectivity index (χ1n) is 11.1. The molecule has 174 valence electrons. The first kappa shape index (κ1) is 24.9. The maximum absolute atomic E-state index is 12.4. The Balaban J connectivity index is 1.53. The van der Waals surface area contributed by atoms with E-state index in [9.17, 15) is 14.9 Å². The van der Waals surface area contributed by atoms with E-state index in [1.165, 1.54) is 0 Å². The number of nitrogens with zero attached hydrogens (tertiary/aromatic N) is 1. The van der Waals surface area contributed by atoms with Gasteiger partial charge in [-0.2, -0.15) is 5.26 Å². The largest absolute Gasteiger partial charge is 0.334 e. The number of unbranched alkanes of at least 4 members (excludes halogenated alkanes) is 2. The van der Waals surface area contributed by atoms with E-state index in [1.807, 2.05) is 32.0 Å². The average molecular weight is 487 g/mol. The third kappa shape index (κ3) is 6.63. The van der Waals surface area contributed by atoms with Gasteiger partial charge in [-0.05, 0) is 61.6 Å². The molecule has 0 saturated carbocycles. The normalized spacial score (nSPS) is 18.2. The SMILES string of the molecule is Cc1cc([C@H](C#N)c2ccc(Cl)cc2)c(Cl)cc1NC(=O)CCCCC[C@H]1NC(=O)N[C@@H]1C. The predicted molar refractivity (Wildman–Crippen MR) is 132 cm³/mol. The van der Waals surface area contributed by atoms with Gasteiger partial charge in [0.05, 0.1) is 18.0 Å². The summed E-state index contributed by atoms with van der Waals surface area (Å²) >= 11 is 12.5. The predicted octanol–water partition coefficient (Wildman–Crippen LogP) is 5.92. The zero-order valence-corrected chi connectivity index (χ0v) is 20.3. The maximum Gasteiger partial charge on any atom is 0.315 e. The molecule has 1 aliphatic rings. The number of halogens is 2. The van der Waals surface area contributed by atoms with Gasteiger partial charge in [-0.15, -0.1) is 0 Å². The summed E-state index contributed by atoms with van der Waals surface area (Å²) in [7, 11) is 0. The van der Waals surface area contributed by atoms with E-state index in [0.29, 0.717) is 27.7 Å². The van der Waals surface area contributed by atoms with E-state index in [1.54, 1.807) is 18.2 Å². The number of urea groups is 1. The Bertz CT molecular complexity index is 1050. The number of aryl methyl sites for hydroxylation is 1. The highest BCUT2D eigenvalue weighted by Gasteiger charge is 2.26. The lowest BCUT2D eigenvalue weighted by Crippen LogP contribution is -2.30. The molecule has 1 heterocycles. The summed E-state index contributed by atoms with van der Waals surface area (Å²) in [6, 6.07) is 13.2. The zero-order chi connectivity index (χ0) is 24.0. The number of anilines is 1. The van der Waals surface area contributed by atoms with Crippen molar-refractivity contribution in [3.8, 4) is 6.07 Å². The van der Waals surface area contributed by atoms with E-state index in [2.05, 4.69) is 22.0 Å². The number of nitriles is 1. The van der Waals surface area contributed by atoms with Crippen molar-refractivity contribution in [3.63, 3.8) is 0 Å². The van der Waals surface area contributed by atoms with E-state index >= 15 is 0 Å². The molecule has 0 spiro atoms. The van der Waals surface area contributed by atoms with Crippen LogP contribution in [-0.4, -0.2) is 24.0 Å². The van der Waals surface area contributed by atoms with Gasteiger partial charge in [0.2, 0.25) is 5.91 Å². The lowest BCUT2D eigenvalue weighted by atomic mass is 9.91. The van der Waals surface area contributed by atoms with Crippen LogP contribution in [0.15, 0.2) is 36.4 Å². The summed E-state index contributed by atoms with van der Waals surface area (Å²) in [6.45, 7) is 3.87. The quantitative estimate of drug-likeness (QED) is 0.384. The van der Waals surface area contributed by atoms with Crippen LogP contribution in [0, 0.1) is 18.3 Å². The molecule has 0 aliphatic carbocycles. The van der Waals surface area contributed by atoms with E-state index in [4.69, 9.17) is 23.2 Å². The molecule has 2 aromatic rings. The van der Waals surface area contributed by atoms with Crippen molar-refractivity contribution in [2.24, 2.45) is 0 Å². The molecule has 1 fully saturated rings. The minimum atomic E-state index is -0.527. The highest BCUT2D eigenvalue weighted by atomic mass is 35.5. The fourth-order valence-corrected chi connectivity index (χ4v) is 4.44. The Morgan fingerprint density at radius 3 is 2.52 bits per heavy atom. The van der Waals surface area contributed by atoms with Crippen LogP contribution in [0.4, 0.5) is 10.5 Å². The molecule has 0 radical (unpaired) electrons. The molecular weight excluding hydrogens is 459 g/mol. The second-order valence-corrected chi connectivity index (χ2v) is 9.31. The number of hydrogen-bond acceptors (Lipinski definition) is 3. The fraction of sp³-hybridized carbons (Fsp3) is 0.400. The van der Waals surface area contributed by atoms with Gasteiger partial charge in [0, 0.05) is 28.2 Å². The van der Waals surface area contributed by atoms with Crippen molar-refractivity contribution in [2.75, 3.05) is 5.32 Å². The monoisotopic (exact) mass is 486 g/mol. The summed E-state index contributed by atoms with van der Waals surface area (Å²) in [4.78, 5) is 23.8. The van der Waals surface area contributed by atoms with Gasteiger partial charge in [0.25, 0.3) is 0 Å². The van der Waals surface area contributed by atoms with Crippen molar-refractivity contribution in [2.45, 2.75) is 64.0 Å². The molecule has 0 aromatic heterocycles. The number of benzene rings is 2. The number of amides is 3. The van der Waals surface area contributed by atoms with Crippen LogP contribution < -0.4 is 16.0 Å². The highest BCUT2D eigenvalue weighted by molar-refractivity contribution is 6.32. The zero-order valence-electron chi connectivity index (χ0n) is 18.8. The molecule has 3 N–H and O–H groups in total. The second kappa shape index (κ2) is 11.4. The topological polar surface area (TPSA) is 94.0 Å². The van der Waals surface area contributed by atoms with Crippen LogP contribution in [0.3, 0.4) is 0 Å². The molecule has 3 atom stereocenters. The molecule has 0 unspecified atom stereocenters. The van der Waals surface area contributed by atoms with Crippen LogP contribution in [0.1, 0.15) is 61.6 Å². The Labute approximate surface area is 204 Å². The van der Waals surface area contributed by atoms with Crippen molar-refractivity contribution in [1.82, 2.24) is 10.6 Å². The number of rotatable bonds is 9. The van der Waals surface area contributed by atoms with Gasteiger partial charge >= 0.3 is 6.03 Å². The molecule has 8 heteroatoms.